The number of aryl methyl sites for hydroxylation is 1. The first kappa shape index (κ1) is 13.0. The largest absolute Gasteiger partial charge is 0.294 e. The van der Waals surface area contributed by atoms with Crippen molar-refractivity contribution in [3.8, 4) is 0 Å². The van der Waals surface area contributed by atoms with Crippen LogP contribution < -0.4 is 0 Å². The number of hydrogen-bond acceptors (Lipinski definition) is 2. The van der Waals surface area contributed by atoms with Gasteiger partial charge in [-0.1, -0.05) is 41.1 Å². The molecule has 1 heterocycles. The summed E-state index contributed by atoms with van der Waals surface area (Å²) in [4.78, 5) is 12.1. The van der Waals surface area contributed by atoms with Crippen LogP contribution in [-0.2, 0) is 13.0 Å². The molecule has 0 amide bonds. The van der Waals surface area contributed by atoms with Gasteiger partial charge in [0.05, 0.1) is 11.8 Å². The van der Waals surface area contributed by atoms with Crippen LogP contribution in [-0.4, -0.2) is 15.6 Å². The molecule has 1 aromatic carbocycles. The molecule has 0 radical (unpaired) electrons. The minimum absolute atomic E-state index is 0.101. The van der Waals surface area contributed by atoms with Gasteiger partial charge >= 0.3 is 0 Å². The van der Waals surface area contributed by atoms with Gasteiger partial charge in [-0.3, -0.25) is 9.48 Å². The third-order valence-corrected chi connectivity index (χ3v) is 3.49. The molecule has 0 aliphatic carbocycles. The topological polar surface area (TPSA) is 34.9 Å². The van der Waals surface area contributed by atoms with E-state index in [1.54, 1.807) is 6.20 Å². The molecule has 0 saturated heterocycles. The van der Waals surface area contributed by atoms with Gasteiger partial charge in [-0.2, -0.15) is 5.10 Å². The zero-order chi connectivity index (χ0) is 13.0. The third kappa shape index (κ3) is 3.07. The first-order chi connectivity index (χ1) is 8.70. The Morgan fingerprint density at radius 3 is 2.89 bits per heavy atom. The minimum atomic E-state index is 0.101. The lowest BCUT2D eigenvalue weighted by Gasteiger charge is -2.01. The van der Waals surface area contributed by atoms with Crippen LogP contribution in [0.15, 0.2) is 41.1 Å². The van der Waals surface area contributed by atoms with Crippen molar-refractivity contribution in [2.75, 3.05) is 0 Å². The number of rotatable bonds is 5. The number of aromatic nitrogens is 2. The van der Waals surface area contributed by atoms with Crippen LogP contribution in [0.5, 0.6) is 0 Å². The van der Waals surface area contributed by atoms with Crippen molar-refractivity contribution in [3.05, 3.63) is 52.3 Å². The van der Waals surface area contributed by atoms with E-state index in [1.807, 2.05) is 35.1 Å². The summed E-state index contributed by atoms with van der Waals surface area (Å²) in [6.07, 6.45) is 4.89. The molecular formula is C14H15BrN2O. The zero-order valence-electron chi connectivity index (χ0n) is 10.3. The normalized spacial score (nSPS) is 10.6. The van der Waals surface area contributed by atoms with E-state index in [0.717, 1.165) is 23.0 Å². The molecule has 0 saturated carbocycles. The summed E-state index contributed by atoms with van der Waals surface area (Å²) in [5.74, 6) is 0.101. The lowest BCUT2D eigenvalue weighted by atomic mass is 10.1. The van der Waals surface area contributed by atoms with Gasteiger partial charge in [-0.05, 0) is 18.1 Å². The maximum Gasteiger partial charge on any atom is 0.170 e. The average molecular weight is 307 g/mol. The van der Waals surface area contributed by atoms with E-state index in [2.05, 4.69) is 28.0 Å². The predicted molar refractivity (Wildman–Crippen MR) is 74.7 cm³/mol. The molecule has 0 aliphatic heterocycles. The summed E-state index contributed by atoms with van der Waals surface area (Å²) < 4.78 is 2.78. The number of benzene rings is 1. The number of nitrogens with zero attached hydrogens (tertiary/aromatic N) is 2. The molecule has 0 bridgehead atoms. The Labute approximate surface area is 115 Å². The van der Waals surface area contributed by atoms with Crippen LogP contribution >= 0.6 is 15.9 Å². The summed E-state index contributed by atoms with van der Waals surface area (Å²) in [7, 11) is 0. The standard InChI is InChI=1S/C14H15BrN2O/c1-2-7-17-10-12(9-16-17)14(18)8-11-5-3-4-6-13(11)15/h3-6,9-10H,2,7-8H2,1H3. The lowest BCUT2D eigenvalue weighted by molar-refractivity contribution is 0.0992. The number of hydrogen-bond donors (Lipinski definition) is 0. The van der Waals surface area contributed by atoms with Gasteiger partial charge < -0.3 is 0 Å². The van der Waals surface area contributed by atoms with Crippen LogP contribution in [0.4, 0.5) is 0 Å². The maximum atomic E-state index is 12.1. The van der Waals surface area contributed by atoms with Crippen molar-refractivity contribution in [3.63, 3.8) is 0 Å². The number of carbonyl (C=O) groups excluding carboxylic acids is 1. The minimum Gasteiger partial charge on any atom is -0.294 e. The second-order valence-electron chi connectivity index (χ2n) is 4.18. The van der Waals surface area contributed by atoms with Crippen molar-refractivity contribution in [1.29, 1.82) is 0 Å². The monoisotopic (exact) mass is 306 g/mol. The SMILES string of the molecule is CCCn1cc(C(=O)Cc2ccccc2Br)cn1. The molecule has 0 unspecified atom stereocenters. The van der Waals surface area contributed by atoms with E-state index < -0.39 is 0 Å². The summed E-state index contributed by atoms with van der Waals surface area (Å²) in [6.45, 7) is 2.94. The molecule has 0 atom stereocenters. The molecular weight excluding hydrogens is 292 g/mol. The van der Waals surface area contributed by atoms with E-state index in [0.29, 0.717) is 12.0 Å². The molecule has 0 N–H and O–H groups in total. The number of halogens is 1. The van der Waals surface area contributed by atoms with E-state index >= 15 is 0 Å². The molecule has 0 aliphatic rings. The van der Waals surface area contributed by atoms with Crippen molar-refractivity contribution in [2.24, 2.45) is 0 Å². The van der Waals surface area contributed by atoms with Crippen LogP contribution in [0.2, 0.25) is 0 Å². The summed E-state index contributed by atoms with van der Waals surface area (Å²) in [5.41, 5.74) is 1.69. The second kappa shape index (κ2) is 5.96. The van der Waals surface area contributed by atoms with Gasteiger partial charge in [0, 0.05) is 23.6 Å². The molecule has 0 fully saturated rings. The fraction of sp³-hybridized carbons (Fsp3) is 0.286. The molecule has 94 valence electrons. The fourth-order valence-corrected chi connectivity index (χ4v) is 2.20. The fourth-order valence-electron chi connectivity index (χ4n) is 1.78. The van der Waals surface area contributed by atoms with Crippen molar-refractivity contribution < 1.29 is 4.79 Å². The van der Waals surface area contributed by atoms with Crippen molar-refractivity contribution in [1.82, 2.24) is 9.78 Å². The molecule has 2 aromatic rings. The van der Waals surface area contributed by atoms with Gasteiger partial charge in [0.2, 0.25) is 0 Å². The Hall–Kier alpha value is -1.42. The summed E-state index contributed by atoms with van der Waals surface area (Å²) in [5, 5.41) is 4.18. The first-order valence-corrected chi connectivity index (χ1v) is 6.79. The van der Waals surface area contributed by atoms with Crippen molar-refractivity contribution >= 4 is 21.7 Å². The van der Waals surface area contributed by atoms with Gasteiger partial charge in [-0.25, -0.2) is 0 Å². The molecule has 2 rings (SSSR count). The Balaban J connectivity index is 2.10. The summed E-state index contributed by atoms with van der Waals surface area (Å²) >= 11 is 3.45. The zero-order valence-corrected chi connectivity index (χ0v) is 11.9. The Morgan fingerprint density at radius 2 is 2.17 bits per heavy atom. The number of Topliss-reactive ketones (excluding diaryl/α,β-unsaturated/α-hetero) is 1. The summed E-state index contributed by atoms with van der Waals surface area (Å²) in [6, 6.07) is 7.78. The van der Waals surface area contributed by atoms with E-state index in [4.69, 9.17) is 0 Å². The van der Waals surface area contributed by atoms with E-state index in [9.17, 15) is 4.79 Å². The lowest BCUT2D eigenvalue weighted by Crippen LogP contribution is -2.03. The van der Waals surface area contributed by atoms with E-state index in [-0.39, 0.29) is 5.78 Å². The Bertz CT molecular complexity index is 548. The van der Waals surface area contributed by atoms with E-state index in [1.165, 1.54) is 0 Å². The van der Waals surface area contributed by atoms with Crippen LogP contribution in [0, 0.1) is 0 Å². The average Bonchev–Trinajstić information content (AvgIpc) is 2.81. The van der Waals surface area contributed by atoms with Crippen LogP contribution in [0.3, 0.4) is 0 Å². The molecule has 1 aromatic heterocycles. The molecule has 18 heavy (non-hydrogen) atoms. The second-order valence-corrected chi connectivity index (χ2v) is 5.04. The molecule has 0 spiro atoms. The number of carbonyl (C=O) groups is 1. The molecule has 4 heteroatoms. The Morgan fingerprint density at radius 1 is 1.39 bits per heavy atom. The highest BCUT2D eigenvalue weighted by Crippen LogP contribution is 2.18. The first-order valence-electron chi connectivity index (χ1n) is 5.99. The van der Waals surface area contributed by atoms with Crippen molar-refractivity contribution in [2.45, 2.75) is 26.3 Å². The quantitative estimate of drug-likeness (QED) is 0.793. The Kier molecular flexibility index (Phi) is 4.31. The van der Waals surface area contributed by atoms with Gasteiger partial charge in [0.1, 0.15) is 0 Å². The van der Waals surface area contributed by atoms with Crippen LogP contribution in [0.25, 0.3) is 0 Å². The smallest absolute Gasteiger partial charge is 0.170 e. The van der Waals surface area contributed by atoms with Gasteiger partial charge in [0.25, 0.3) is 0 Å². The number of ketones is 1. The van der Waals surface area contributed by atoms with Crippen LogP contribution in [0.1, 0.15) is 29.3 Å². The maximum absolute atomic E-state index is 12.1. The highest BCUT2D eigenvalue weighted by Gasteiger charge is 2.11. The molecule has 3 nitrogen and oxygen atoms in total. The highest BCUT2D eigenvalue weighted by molar-refractivity contribution is 9.10. The predicted octanol–water partition coefficient (Wildman–Crippen LogP) is 3.48. The van der Waals surface area contributed by atoms with Gasteiger partial charge in [0.15, 0.2) is 5.78 Å². The highest BCUT2D eigenvalue weighted by atomic mass is 79.9. The van der Waals surface area contributed by atoms with Gasteiger partial charge in [-0.15, -0.1) is 0 Å². The third-order valence-electron chi connectivity index (χ3n) is 2.72.